The number of hydrogen-bond acceptors (Lipinski definition) is 3. The molecule has 0 aliphatic carbocycles. The Kier molecular flexibility index (Phi) is 6.19. The summed E-state index contributed by atoms with van der Waals surface area (Å²) >= 11 is 0. The van der Waals surface area contributed by atoms with Crippen molar-refractivity contribution in [3.8, 4) is 0 Å². The minimum atomic E-state index is -0.821. The van der Waals surface area contributed by atoms with Crippen LogP contribution < -0.4 is 5.32 Å². The van der Waals surface area contributed by atoms with Gasteiger partial charge in [-0.05, 0) is 48.7 Å². The van der Waals surface area contributed by atoms with E-state index >= 15 is 0 Å². The van der Waals surface area contributed by atoms with Gasteiger partial charge in [-0.2, -0.15) is 0 Å². The number of carbonyl (C=O) groups is 1. The number of benzene rings is 2. The van der Waals surface area contributed by atoms with Gasteiger partial charge in [-0.3, -0.25) is 14.6 Å². The molecule has 1 N–H and O–H groups in total. The number of rotatable bonds is 5. The molecule has 1 aliphatic heterocycles. The highest BCUT2D eigenvalue weighted by atomic mass is 19.2. The van der Waals surface area contributed by atoms with Crippen LogP contribution in [0.4, 0.5) is 14.5 Å². The Bertz CT molecular complexity index is 817. The molecule has 1 aliphatic rings. The van der Waals surface area contributed by atoms with E-state index in [4.69, 9.17) is 0 Å². The molecule has 1 amide bonds. The van der Waals surface area contributed by atoms with Gasteiger partial charge in [0.15, 0.2) is 11.6 Å². The largest absolute Gasteiger partial charge is 0.325 e. The number of aryl methyl sites for hydroxylation is 1. The van der Waals surface area contributed by atoms with E-state index < -0.39 is 11.6 Å². The molecular formula is C21H25F2N3O. The molecule has 27 heavy (non-hydrogen) atoms. The molecule has 1 heterocycles. The third kappa shape index (κ3) is 5.11. The van der Waals surface area contributed by atoms with E-state index in [2.05, 4.69) is 15.1 Å². The van der Waals surface area contributed by atoms with Crippen molar-refractivity contribution in [1.82, 2.24) is 9.80 Å². The molecule has 6 heteroatoms. The Hall–Kier alpha value is -2.31. The van der Waals surface area contributed by atoms with Crippen LogP contribution in [0.3, 0.4) is 0 Å². The number of hydrogen-bond donors (Lipinski definition) is 1. The third-order valence-electron chi connectivity index (χ3n) is 5.10. The van der Waals surface area contributed by atoms with Crippen LogP contribution in [0.2, 0.25) is 0 Å². The van der Waals surface area contributed by atoms with E-state index in [1.54, 1.807) is 6.07 Å². The fourth-order valence-electron chi connectivity index (χ4n) is 3.28. The van der Waals surface area contributed by atoms with Crippen LogP contribution in [0.5, 0.6) is 0 Å². The molecule has 0 atom stereocenters. The Balaban J connectivity index is 1.47. The number of amides is 1. The predicted molar refractivity (Wildman–Crippen MR) is 103 cm³/mol. The summed E-state index contributed by atoms with van der Waals surface area (Å²) in [7, 11) is 0. The zero-order chi connectivity index (χ0) is 19.4. The van der Waals surface area contributed by atoms with Crippen molar-refractivity contribution < 1.29 is 13.6 Å². The Morgan fingerprint density at radius 1 is 1.00 bits per heavy atom. The van der Waals surface area contributed by atoms with Crippen LogP contribution in [0, 0.1) is 25.5 Å². The second kappa shape index (κ2) is 8.59. The molecule has 3 rings (SSSR count). The van der Waals surface area contributed by atoms with Gasteiger partial charge < -0.3 is 5.32 Å². The first-order chi connectivity index (χ1) is 12.9. The van der Waals surface area contributed by atoms with Crippen molar-refractivity contribution in [2.45, 2.75) is 20.4 Å². The molecule has 2 aromatic rings. The van der Waals surface area contributed by atoms with E-state index in [1.807, 2.05) is 32.0 Å². The van der Waals surface area contributed by atoms with Crippen LogP contribution in [-0.2, 0) is 11.3 Å². The lowest BCUT2D eigenvalue weighted by atomic mass is 10.1. The molecule has 0 bridgehead atoms. The second-order valence-corrected chi connectivity index (χ2v) is 7.10. The first kappa shape index (κ1) is 19.5. The minimum Gasteiger partial charge on any atom is -0.325 e. The van der Waals surface area contributed by atoms with Crippen molar-refractivity contribution in [3.63, 3.8) is 0 Å². The van der Waals surface area contributed by atoms with Crippen LogP contribution in [-0.4, -0.2) is 48.4 Å². The second-order valence-electron chi connectivity index (χ2n) is 7.10. The number of anilines is 1. The lowest BCUT2D eigenvalue weighted by molar-refractivity contribution is -0.117. The Morgan fingerprint density at radius 2 is 1.70 bits per heavy atom. The monoisotopic (exact) mass is 373 g/mol. The Morgan fingerprint density at radius 3 is 2.41 bits per heavy atom. The van der Waals surface area contributed by atoms with Crippen molar-refractivity contribution in [2.75, 3.05) is 38.0 Å². The SMILES string of the molecule is Cc1cccc(NC(=O)CN2CCN(Cc3ccc(F)c(F)c3)CC2)c1C. The summed E-state index contributed by atoms with van der Waals surface area (Å²) in [5.41, 5.74) is 3.85. The van der Waals surface area contributed by atoms with E-state index in [0.717, 1.165) is 48.6 Å². The van der Waals surface area contributed by atoms with Gasteiger partial charge in [-0.1, -0.05) is 18.2 Å². The van der Waals surface area contributed by atoms with Gasteiger partial charge in [0, 0.05) is 38.4 Å². The maximum atomic E-state index is 13.3. The van der Waals surface area contributed by atoms with E-state index in [0.29, 0.717) is 13.1 Å². The zero-order valence-electron chi connectivity index (χ0n) is 15.8. The maximum Gasteiger partial charge on any atom is 0.238 e. The van der Waals surface area contributed by atoms with Gasteiger partial charge in [-0.15, -0.1) is 0 Å². The zero-order valence-corrected chi connectivity index (χ0v) is 15.8. The molecule has 1 fully saturated rings. The number of halogens is 2. The first-order valence-electron chi connectivity index (χ1n) is 9.17. The number of carbonyl (C=O) groups excluding carboxylic acids is 1. The third-order valence-corrected chi connectivity index (χ3v) is 5.10. The highest BCUT2D eigenvalue weighted by molar-refractivity contribution is 5.93. The van der Waals surface area contributed by atoms with E-state index in [1.165, 1.54) is 12.1 Å². The minimum absolute atomic E-state index is 0.0160. The molecule has 0 radical (unpaired) electrons. The van der Waals surface area contributed by atoms with Crippen molar-refractivity contribution in [3.05, 3.63) is 64.7 Å². The average Bonchev–Trinajstić information content (AvgIpc) is 2.64. The van der Waals surface area contributed by atoms with Crippen LogP contribution in [0.1, 0.15) is 16.7 Å². The van der Waals surface area contributed by atoms with Crippen LogP contribution >= 0.6 is 0 Å². The summed E-state index contributed by atoms with van der Waals surface area (Å²) in [5.74, 6) is -1.65. The van der Waals surface area contributed by atoms with E-state index in [9.17, 15) is 13.6 Å². The molecule has 2 aromatic carbocycles. The van der Waals surface area contributed by atoms with Crippen LogP contribution in [0.25, 0.3) is 0 Å². The Labute approximate surface area is 158 Å². The van der Waals surface area contributed by atoms with Crippen molar-refractivity contribution in [1.29, 1.82) is 0 Å². The molecule has 4 nitrogen and oxygen atoms in total. The molecule has 0 aromatic heterocycles. The fourth-order valence-corrected chi connectivity index (χ4v) is 3.28. The molecule has 0 spiro atoms. The molecule has 0 unspecified atom stereocenters. The topological polar surface area (TPSA) is 35.6 Å². The smallest absolute Gasteiger partial charge is 0.238 e. The fraction of sp³-hybridized carbons (Fsp3) is 0.381. The van der Waals surface area contributed by atoms with E-state index in [-0.39, 0.29) is 5.91 Å². The lowest BCUT2D eigenvalue weighted by Gasteiger charge is -2.34. The highest BCUT2D eigenvalue weighted by Crippen LogP contribution is 2.18. The lowest BCUT2D eigenvalue weighted by Crippen LogP contribution is -2.48. The highest BCUT2D eigenvalue weighted by Gasteiger charge is 2.19. The quantitative estimate of drug-likeness (QED) is 0.873. The van der Waals surface area contributed by atoms with Gasteiger partial charge in [0.2, 0.25) is 5.91 Å². The normalized spacial score (nSPS) is 15.7. The average molecular weight is 373 g/mol. The first-order valence-corrected chi connectivity index (χ1v) is 9.17. The number of nitrogens with one attached hydrogen (secondary N) is 1. The molecule has 1 saturated heterocycles. The number of piperazine rings is 1. The predicted octanol–water partition coefficient (Wildman–Crippen LogP) is 3.34. The summed E-state index contributed by atoms with van der Waals surface area (Å²) in [6.07, 6.45) is 0. The summed E-state index contributed by atoms with van der Waals surface area (Å²) in [5, 5.41) is 2.99. The molecule has 144 valence electrons. The van der Waals surface area contributed by atoms with Crippen LogP contribution in [0.15, 0.2) is 36.4 Å². The van der Waals surface area contributed by atoms with Gasteiger partial charge >= 0.3 is 0 Å². The van der Waals surface area contributed by atoms with Gasteiger partial charge in [0.25, 0.3) is 0 Å². The van der Waals surface area contributed by atoms with Crippen molar-refractivity contribution in [2.24, 2.45) is 0 Å². The summed E-state index contributed by atoms with van der Waals surface area (Å²) in [6.45, 7) is 8.07. The number of nitrogens with zero attached hydrogens (tertiary/aromatic N) is 2. The maximum absolute atomic E-state index is 13.3. The molecule has 0 saturated carbocycles. The van der Waals surface area contributed by atoms with Gasteiger partial charge in [0.1, 0.15) is 0 Å². The summed E-state index contributed by atoms with van der Waals surface area (Å²) < 4.78 is 26.3. The van der Waals surface area contributed by atoms with Gasteiger partial charge in [0.05, 0.1) is 6.54 Å². The summed E-state index contributed by atoms with van der Waals surface area (Å²) in [6, 6.07) is 9.91. The standard InChI is InChI=1S/C21H25F2N3O/c1-15-4-3-5-20(16(15)2)24-21(27)14-26-10-8-25(9-11-26)13-17-6-7-18(22)19(23)12-17/h3-7,12H,8-11,13-14H2,1-2H3,(H,24,27). The molecular weight excluding hydrogens is 348 g/mol. The van der Waals surface area contributed by atoms with Gasteiger partial charge in [-0.25, -0.2) is 8.78 Å². The summed E-state index contributed by atoms with van der Waals surface area (Å²) in [4.78, 5) is 16.6. The van der Waals surface area contributed by atoms with Crippen molar-refractivity contribution >= 4 is 11.6 Å².